The molecule has 0 spiro atoms. The Morgan fingerprint density at radius 3 is 2.50 bits per heavy atom. The van der Waals surface area contributed by atoms with Gasteiger partial charge in [0.05, 0.1) is 23.9 Å². The molecule has 0 heterocycles. The number of thiocarbonyl (C=S) groups is 1. The van der Waals surface area contributed by atoms with E-state index in [0.29, 0.717) is 22.0 Å². The van der Waals surface area contributed by atoms with Crippen LogP contribution in [-0.2, 0) is 0 Å². The molecule has 164 valence electrons. The maximum Gasteiger partial charge on any atom is 0.345 e. The molecule has 0 bridgehead atoms. The topological polar surface area (TPSA) is 71.9 Å². The summed E-state index contributed by atoms with van der Waals surface area (Å²) in [5.41, 5.74) is 4.11. The molecule has 6 nitrogen and oxygen atoms in total. The van der Waals surface area contributed by atoms with Crippen molar-refractivity contribution < 1.29 is 18.7 Å². The molecular formula is C22H16Cl2FN3O3S. The standard InChI is InChI=1S/C22H16Cl2FN3O3S/c1-30-20-10-13(12-26-28-22(32)27-16-6-4-15(25)5-7-16)2-9-19(20)31-21(29)17-8-3-14(23)11-18(17)24/h2-12H,1H3,(H2,27,28,32). The normalized spacial score (nSPS) is 10.6. The van der Waals surface area contributed by atoms with E-state index in [1.807, 2.05) is 0 Å². The number of rotatable bonds is 6. The molecule has 0 saturated heterocycles. The van der Waals surface area contributed by atoms with E-state index in [9.17, 15) is 9.18 Å². The minimum absolute atomic E-state index is 0.176. The van der Waals surface area contributed by atoms with Gasteiger partial charge in [-0.1, -0.05) is 23.2 Å². The maximum atomic E-state index is 12.9. The van der Waals surface area contributed by atoms with Gasteiger partial charge in [0.1, 0.15) is 5.82 Å². The lowest BCUT2D eigenvalue weighted by Crippen LogP contribution is -2.23. The van der Waals surface area contributed by atoms with Crippen LogP contribution in [0.5, 0.6) is 11.5 Å². The van der Waals surface area contributed by atoms with Gasteiger partial charge in [-0.15, -0.1) is 0 Å². The van der Waals surface area contributed by atoms with Crippen molar-refractivity contribution in [1.82, 2.24) is 5.43 Å². The lowest BCUT2D eigenvalue weighted by Gasteiger charge is -2.11. The Balaban J connectivity index is 1.63. The molecule has 0 aliphatic carbocycles. The number of hydrazone groups is 1. The summed E-state index contributed by atoms with van der Waals surface area (Å²) in [6.45, 7) is 0. The monoisotopic (exact) mass is 491 g/mol. The van der Waals surface area contributed by atoms with Crippen molar-refractivity contribution in [3.05, 3.63) is 87.7 Å². The molecule has 0 radical (unpaired) electrons. The first-order valence-electron chi connectivity index (χ1n) is 9.06. The second-order valence-corrected chi connectivity index (χ2v) is 7.51. The van der Waals surface area contributed by atoms with Crippen LogP contribution in [0.25, 0.3) is 0 Å². The van der Waals surface area contributed by atoms with Crippen molar-refractivity contribution in [1.29, 1.82) is 0 Å². The molecule has 0 aliphatic heterocycles. The van der Waals surface area contributed by atoms with Gasteiger partial charge < -0.3 is 14.8 Å². The predicted molar refractivity (Wildman–Crippen MR) is 128 cm³/mol. The third-order valence-electron chi connectivity index (χ3n) is 4.02. The highest BCUT2D eigenvalue weighted by Gasteiger charge is 2.16. The average Bonchev–Trinajstić information content (AvgIpc) is 2.76. The third kappa shape index (κ3) is 6.40. The van der Waals surface area contributed by atoms with E-state index < -0.39 is 5.97 Å². The predicted octanol–water partition coefficient (Wildman–Crippen LogP) is 5.68. The maximum absolute atomic E-state index is 12.9. The van der Waals surface area contributed by atoms with Crippen molar-refractivity contribution in [2.75, 3.05) is 12.4 Å². The van der Waals surface area contributed by atoms with E-state index in [1.54, 1.807) is 36.4 Å². The van der Waals surface area contributed by atoms with Crippen molar-refractivity contribution in [3.63, 3.8) is 0 Å². The number of carbonyl (C=O) groups is 1. The van der Waals surface area contributed by atoms with Gasteiger partial charge >= 0.3 is 5.97 Å². The summed E-state index contributed by atoms with van der Waals surface area (Å²) in [6.07, 6.45) is 1.50. The molecular weight excluding hydrogens is 476 g/mol. The van der Waals surface area contributed by atoms with Crippen LogP contribution in [0.15, 0.2) is 65.8 Å². The molecule has 0 unspecified atom stereocenters. The van der Waals surface area contributed by atoms with Gasteiger partial charge in [0.2, 0.25) is 0 Å². The number of hydrogen-bond donors (Lipinski definition) is 2. The zero-order valence-electron chi connectivity index (χ0n) is 16.6. The number of ether oxygens (including phenoxy) is 2. The largest absolute Gasteiger partial charge is 0.493 e. The molecule has 32 heavy (non-hydrogen) atoms. The highest BCUT2D eigenvalue weighted by Crippen LogP contribution is 2.30. The zero-order chi connectivity index (χ0) is 23.1. The molecule has 3 aromatic rings. The summed E-state index contributed by atoms with van der Waals surface area (Å²) in [4.78, 5) is 12.4. The van der Waals surface area contributed by atoms with Crippen LogP contribution in [0, 0.1) is 5.82 Å². The Kier molecular flexibility index (Phi) is 7.99. The molecule has 0 aliphatic rings. The average molecular weight is 492 g/mol. The van der Waals surface area contributed by atoms with E-state index in [-0.39, 0.29) is 27.3 Å². The first kappa shape index (κ1) is 23.5. The number of esters is 1. The van der Waals surface area contributed by atoms with Gasteiger partial charge in [0, 0.05) is 10.7 Å². The van der Waals surface area contributed by atoms with Crippen LogP contribution >= 0.6 is 35.4 Å². The second-order valence-electron chi connectivity index (χ2n) is 6.26. The lowest BCUT2D eigenvalue weighted by atomic mass is 10.2. The number of halogens is 3. The Morgan fingerprint density at radius 1 is 1.06 bits per heavy atom. The highest BCUT2D eigenvalue weighted by atomic mass is 35.5. The number of nitrogens with zero attached hydrogens (tertiary/aromatic N) is 1. The fraction of sp³-hybridized carbons (Fsp3) is 0.0455. The molecule has 3 aromatic carbocycles. The van der Waals surface area contributed by atoms with Gasteiger partial charge in [-0.2, -0.15) is 5.10 Å². The number of methoxy groups -OCH3 is 1. The van der Waals surface area contributed by atoms with Crippen LogP contribution in [-0.4, -0.2) is 24.4 Å². The summed E-state index contributed by atoms with van der Waals surface area (Å²) < 4.78 is 23.7. The zero-order valence-corrected chi connectivity index (χ0v) is 18.9. The summed E-state index contributed by atoms with van der Waals surface area (Å²) in [5, 5.41) is 7.73. The Morgan fingerprint density at radius 2 is 1.81 bits per heavy atom. The Bertz CT molecular complexity index is 1170. The fourth-order valence-electron chi connectivity index (χ4n) is 2.52. The Labute approximate surface area is 198 Å². The Hall–Kier alpha value is -3.20. The van der Waals surface area contributed by atoms with E-state index in [2.05, 4.69) is 15.8 Å². The third-order valence-corrected chi connectivity index (χ3v) is 4.76. The van der Waals surface area contributed by atoms with E-state index in [1.165, 1.54) is 37.6 Å². The van der Waals surface area contributed by atoms with Crippen molar-refractivity contribution in [2.24, 2.45) is 5.10 Å². The van der Waals surface area contributed by atoms with Gasteiger partial charge in [-0.3, -0.25) is 5.43 Å². The number of nitrogens with one attached hydrogen (secondary N) is 2. The van der Waals surface area contributed by atoms with Crippen LogP contribution in [0.1, 0.15) is 15.9 Å². The second kappa shape index (κ2) is 10.9. The molecule has 10 heteroatoms. The van der Waals surface area contributed by atoms with Crippen molar-refractivity contribution in [3.8, 4) is 11.5 Å². The first-order chi connectivity index (χ1) is 15.4. The van der Waals surface area contributed by atoms with Gasteiger partial charge in [0.25, 0.3) is 0 Å². The summed E-state index contributed by atoms with van der Waals surface area (Å²) >= 11 is 17.0. The summed E-state index contributed by atoms with van der Waals surface area (Å²) in [6, 6.07) is 15.1. The SMILES string of the molecule is COc1cc(C=NNC(=S)Nc2ccc(F)cc2)ccc1OC(=O)c1ccc(Cl)cc1Cl. The van der Waals surface area contributed by atoms with Crippen LogP contribution in [0.4, 0.5) is 10.1 Å². The fourth-order valence-corrected chi connectivity index (χ4v) is 3.17. The molecule has 2 N–H and O–H groups in total. The van der Waals surface area contributed by atoms with Gasteiger partial charge in [-0.05, 0) is 78.4 Å². The summed E-state index contributed by atoms with van der Waals surface area (Å²) in [7, 11) is 1.45. The van der Waals surface area contributed by atoms with Gasteiger partial charge in [0.15, 0.2) is 16.6 Å². The van der Waals surface area contributed by atoms with Crippen molar-refractivity contribution >= 4 is 58.4 Å². The molecule has 3 rings (SSSR count). The molecule has 0 atom stereocenters. The minimum Gasteiger partial charge on any atom is -0.493 e. The van der Waals surface area contributed by atoms with Crippen LogP contribution in [0.2, 0.25) is 10.0 Å². The molecule has 0 saturated carbocycles. The highest BCUT2D eigenvalue weighted by molar-refractivity contribution is 7.80. The van der Waals surface area contributed by atoms with Gasteiger partial charge in [-0.25, -0.2) is 9.18 Å². The number of carbonyl (C=O) groups excluding carboxylic acids is 1. The number of benzene rings is 3. The van der Waals surface area contributed by atoms with Crippen molar-refractivity contribution in [2.45, 2.75) is 0 Å². The van der Waals surface area contributed by atoms with E-state index in [0.717, 1.165) is 0 Å². The van der Waals surface area contributed by atoms with E-state index >= 15 is 0 Å². The quantitative estimate of drug-likeness (QED) is 0.152. The molecule has 0 fully saturated rings. The number of hydrogen-bond acceptors (Lipinski definition) is 5. The smallest absolute Gasteiger partial charge is 0.345 e. The lowest BCUT2D eigenvalue weighted by molar-refractivity contribution is 0.0730. The molecule has 0 amide bonds. The number of anilines is 1. The van der Waals surface area contributed by atoms with Crippen LogP contribution in [0.3, 0.4) is 0 Å². The minimum atomic E-state index is -0.648. The summed E-state index contributed by atoms with van der Waals surface area (Å²) in [5.74, 6) is -0.460. The molecule has 0 aromatic heterocycles. The van der Waals surface area contributed by atoms with E-state index in [4.69, 9.17) is 44.9 Å². The first-order valence-corrected chi connectivity index (χ1v) is 10.2. The van der Waals surface area contributed by atoms with Crippen LogP contribution < -0.4 is 20.2 Å².